The number of carbonyl (C=O) groups is 20. The van der Waals surface area contributed by atoms with Crippen molar-refractivity contribution in [2.75, 3.05) is 39.4 Å². The summed E-state index contributed by atoms with van der Waals surface area (Å²) in [6.07, 6.45) is -2.88. The van der Waals surface area contributed by atoms with Gasteiger partial charge in [0.25, 0.3) is 0 Å². The minimum absolute atomic E-state index is 0.00770. The maximum Gasteiger partial charge on any atom is 0.326 e. The molecule has 46 heteroatoms. The van der Waals surface area contributed by atoms with E-state index in [9.17, 15) is 127 Å². The van der Waals surface area contributed by atoms with Gasteiger partial charge in [-0.1, -0.05) is 75.7 Å². The molecule has 0 aromatic heterocycles. The molecule has 121 heavy (non-hydrogen) atoms. The van der Waals surface area contributed by atoms with Crippen molar-refractivity contribution in [3.05, 3.63) is 0 Å². The normalized spacial score (nSPS) is 16.6. The lowest BCUT2D eigenvalue weighted by Gasteiger charge is -2.31. The molecule has 0 spiro atoms. The van der Waals surface area contributed by atoms with Crippen molar-refractivity contribution >= 4 is 118 Å². The molecule has 1 aliphatic rings. The molecule has 686 valence electrons. The number of nitrogens with one attached hydrogen (secondary N) is 15. The average Bonchev–Trinajstić information content (AvgIpc) is 1.71. The highest BCUT2D eigenvalue weighted by Gasteiger charge is 2.43. The van der Waals surface area contributed by atoms with E-state index in [1.54, 1.807) is 41.5 Å². The van der Waals surface area contributed by atoms with Gasteiger partial charge in [0.15, 0.2) is 0 Å². The van der Waals surface area contributed by atoms with Crippen LogP contribution in [0.15, 0.2) is 0 Å². The Hall–Kier alpha value is -10.8. The standard InChI is InChI=1S/C75H129N19O27/c1-34(2)25-44(85-64(109)43(20-15-17-23-77)83-68(113)50(32-95)89-62(107)42(78)19-14-16-22-76)63(108)79-31-53(98)82-46(28-54(99)100)65(110)86-45(26-35(3)4)67(112)91-58(38(9)10)72(117)93-59(41(13)97)73(118)92-57(37(7)8)71(116)90-51(33-96)69(114)87-48(27-36(5)6)74(119)94-24-18-21-52(94)70(115)81-39(11)60(105)80-40(12)61(106)84-47(29-55(101)102)66(111)88-49(75(120)121)30-56(103)104/h34-52,57-59,95-97H,14-33,76-78H2,1-13H3,(H,79,108)(H,80,105)(H,81,115)(H,82,98)(H,83,113)(H,84,106)(H,85,109)(H,86,110)(H,87,114)(H,88,111)(H,89,107)(H,90,116)(H,91,112)(H,92,118)(H,93,117)(H,99,100)(H,101,102)(H,103,104)(H,120,121)/t39-,40-,41+,42-,43-,44-,45-,46-,47-,48-,49-,50-,51-,52-,57-,58-,59-/m0/s1. The van der Waals surface area contributed by atoms with Crippen molar-refractivity contribution in [3.63, 3.8) is 0 Å². The Labute approximate surface area is 701 Å². The van der Waals surface area contributed by atoms with Crippen molar-refractivity contribution in [1.82, 2.24) is 84.7 Å². The van der Waals surface area contributed by atoms with Crippen LogP contribution in [-0.4, -0.2) is 301 Å². The molecule has 17 atom stereocenters. The van der Waals surface area contributed by atoms with Crippen LogP contribution >= 0.6 is 0 Å². The van der Waals surface area contributed by atoms with Gasteiger partial charge >= 0.3 is 23.9 Å². The molecule has 0 aromatic rings. The number of aliphatic hydroxyl groups excluding tert-OH is 3. The highest BCUT2D eigenvalue weighted by atomic mass is 16.4. The van der Waals surface area contributed by atoms with Crippen molar-refractivity contribution in [2.45, 2.75) is 283 Å². The topological polar surface area (TPSA) is 745 Å². The fourth-order valence-corrected chi connectivity index (χ4v) is 12.3. The summed E-state index contributed by atoms with van der Waals surface area (Å²) >= 11 is 0. The summed E-state index contributed by atoms with van der Waals surface area (Å²) in [6, 6.07) is -25.2. The number of carboxylic acid groups (broad SMARTS) is 4. The van der Waals surface area contributed by atoms with E-state index in [0.717, 1.165) is 18.7 Å². The molecule has 1 saturated heterocycles. The second-order valence-electron chi connectivity index (χ2n) is 31.7. The second-order valence-corrected chi connectivity index (χ2v) is 31.7. The third-order valence-corrected chi connectivity index (χ3v) is 18.9. The molecule has 0 radical (unpaired) electrons. The molecule has 0 aliphatic carbocycles. The molecule has 46 nitrogen and oxygen atoms in total. The van der Waals surface area contributed by atoms with Crippen molar-refractivity contribution in [1.29, 1.82) is 0 Å². The van der Waals surface area contributed by atoms with Crippen LogP contribution in [0, 0.1) is 29.6 Å². The molecule has 1 fully saturated rings. The van der Waals surface area contributed by atoms with Crippen LogP contribution < -0.4 is 97.0 Å². The third-order valence-electron chi connectivity index (χ3n) is 18.9. The highest BCUT2D eigenvalue weighted by molar-refractivity contribution is 6.02. The van der Waals surface area contributed by atoms with Crippen molar-refractivity contribution < 1.29 is 132 Å². The zero-order valence-electron chi connectivity index (χ0n) is 70.8. The minimum atomic E-state index is -2.01. The van der Waals surface area contributed by atoms with E-state index in [4.69, 9.17) is 22.3 Å². The lowest BCUT2D eigenvalue weighted by molar-refractivity contribution is -0.148. The van der Waals surface area contributed by atoms with E-state index in [-0.39, 0.29) is 69.9 Å². The van der Waals surface area contributed by atoms with Gasteiger partial charge in [-0.3, -0.25) is 91.1 Å². The summed E-state index contributed by atoms with van der Waals surface area (Å²) in [6.45, 7) is 17.2. The van der Waals surface area contributed by atoms with E-state index in [0.29, 0.717) is 32.2 Å². The smallest absolute Gasteiger partial charge is 0.326 e. The maximum absolute atomic E-state index is 14.4. The zero-order chi connectivity index (χ0) is 92.6. The predicted molar refractivity (Wildman–Crippen MR) is 428 cm³/mol. The number of rotatable bonds is 57. The molecule has 1 heterocycles. The summed E-state index contributed by atoms with van der Waals surface area (Å²) < 4.78 is 0. The number of amides is 16. The number of aliphatic carboxylic acids is 4. The van der Waals surface area contributed by atoms with Gasteiger partial charge in [-0.25, -0.2) is 4.79 Å². The van der Waals surface area contributed by atoms with E-state index >= 15 is 0 Å². The number of carbonyl (C=O) groups excluding carboxylic acids is 16. The van der Waals surface area contributed by atoms with E-state index in [1.165, 1.54) is 34.6 Å². The fraction of sp³-hybridized carbons (Fsp3) is 0.733. The molecule has 0 unspecified atom stereocenters. The Morgan fingerprint density at radius 1 is 0.372 bits per heavy atom. The molecule has 16 amide bonds. The summed E-state index contributed by atoms with van der Waals surface area (Å²) in [5.74, 6) is -25.7. The molecule has 28 N–H and O–H groups in total. The number of aliphatic hydroxyl groups is 3. The number of nitrogens with two attached hydrogens (primary N) is 3. The van der Waals surface area contributed by atoms with Gasteiger partial charge in [-0.2, -0.15) is 0 Å². The molecular weight excluding hydrogens is 1600 g/mol. The maximum atomic E-state index is 14.4. The number of nitrogens with zero attached hydrogens (tertiary/aromatic N) is 1. The van der Waals surface area contributed by atoms with Gasteiger partial charge in [-0.15, -0.1) is 0 Å². The van der Waals surface area contributed by atoms with E-state index in [2.05, 4.69) is 74.4 Å². The summed E-state index contributed by atoms with van der Waals surface area (Å²) in [5, 5.41) is 104. The van der Waals surface area contributed by atoms with Crippen LogP contribution in [0.5, 0.6) is 0 Å². The predicted octanol–water partition coefficient (Wildman–Crippen LogP) is -8.17. The number of carboxylic acids is 4. The van der Waals surface area contributed by atoms with Crippen LogP contribution in [0.25, 0.3) is 0 Å². The second kappa shape index (κ2) is 54.4. The first-order valence-electron chi connectivity index (χ1n) is 40.2. The van der Waals surface area contributed by atoms with Crippen molar-refractivity contribution in [2.24, 2.45) is 46.8 Å². The number of unbranched alkanes of at least 4 members (excludes halogenated alkanes) is 2. The quantitative estimate of drug-likeness (QED) is 0.0252. The van der Waals surface area contributed by atoms with Gasteiger partial charge < -0.3 is 138 Å². The monoisotopic (exact) mass is 1730 g/mol. The summed E-state index contributed by atoms with van der Waals surface area (Å²) in [4.78, 5) is 267. The molecule has 0 bridgehead atoms. The van der Waals surface area contributed by atoms with E-state index in [1.807, 2.05) is 5.32 Å². The lowest BCUT2D eigenvalue weighted by Crippen LogP contribution is -2.63. The SMILES string of the molecule is CC(C)C[C@H](NC(=O)[C@H](CCCCN)NC(=O)[C@H](CO)NC(=O)[C@@H](N)CCCCN)C(=O)NCC(=O)N[C@@H](CC(=O)O)C(=O)N[C@@H](CC(C)C)C(=O)N[C@H](C(=O)N[C@H](C(=O)N[C@H](C(=O)N[C@@H](CO)C(=O)N[C@@H](CC(C)C)C(=O)N1CCC[C@H]1C(=O)N[C@@H](C)C(=O)N[C@@H](C)C(=O)N[C@@H](CC(=O)O)C(=O)N[C@@H](CC(=O)O)C(=O)O)C(C)C)[C@@H](C)O)C(C)C. The first kappa shape index (κ1) is 108. The molecule has 1 aliphatic heterocycles. The third kappa shape index (κ3) is 39.5. The first-order chi connectivity index (χ1) is 56.4. The largest absolute Gasteiger partial charge is 0.481 e. The molecule has 1 rings (SSSR count). The van der Waals surface area contributed by atoms with Gasteiger partial charge in [0.1, 0.15) is 90.6 Å². The Balaban J connectivity index is 3.32. The number of hydrogen-bond donors (Lipinski definition) is 25. The van der Waals surface area contributed by atoms with Gasteiger partial charge in [0.2, 0.25) is 94.5 Å². The number of likely N-dealkylation sites (tertiary alicyclic amines) is 1. The molecular formula is C75H129N19O27. The first-order valence-corrected chi connectivity index (χ1v) is 40.2. The Morgan fingerprint density at radius 2 is 0.727 bits per heavy atom. The highest BCUT2D eigenvalue weighted by Crippen LogP contribution is 2.22. The van der Waals surface area contributed by atoms with Crippen molar-refractivity contribution in [3.8, 4) is 0 Å². The molecule has 0 saturated carbocycles. The summed E-state index contributed by atoms with van der Waals surface area (Å²) in [7, 11) is 0. The fourth-order valence-electron chi connectivity index (χ4n) is 12.3. The van der Waals surface area contributed by atoms with Gasteiger partial charge in [0, 0.05) is 6.54 Å². The van der Waals surface area contributed by atoms with Crippen LogP contribution in [0.2, 0.25) is 0 Å². The average molecular weight is 1730 g/mol. The Bertz CT molecular complexity index is 3570. The van der Waals surface area contributed by atoms with Crippen LogP contribution in [0.1, 0.15) is 180 Å². The lowest BCUT2D eigenvalue weighted by atomic mass is 9.98. The van der Waals surface area contributed by atoms with E-state index < -0.39 is 278 Å². The van der Waals surface area contributed by atoms with Crippen LogP contribution in [-0.2, 0) is 95.9 Å². The van der Waals surface area contributed by atoms with Crippen LogP contribution in [0.3, 0.4) is 0 Å². The van der Waals surface area contributed by atoms with Gasteiger partial charge in [-0.05, 0) is 128 Å². The van der Waals surface area contributed by atoms with Gasteiger partial charge in [0.05, 0.1) is 51.2 Å². The Morgan fingerprint density at radius 3 is 1.19 bits per heavy atom. The minimum Gasteiger partial charge on any atom is -0.481 e. The Kier molecular flexibility index (Phi) is 48.7. The zero-order valence-corrected chi connectivity index (χ0v) is 70.8. The molecule has 0 aromatic carbocycles. The van der Waals surface area contributed by atoms with Crippen LogP contribution in [0.4, 0.5) is 0 Å². The summed E-state index contributed by atoms with van der Waals surface area (Å²) in [5.41, 5.74) is 17.2. The number of hydrogen-bond acceptors (Lipinski definition) is 26.